The van der Waals surface area contributed by atoms with Gasteiger partial charge in [0.1, 0.15) is 0 Å². The minimum absolute atomic E-state index is 0. The molecule has 1 fully saturated rings. The molecule has 1 aromatic rings. The van der Waals surface area contributed by atoms with Crippen molar-refractivity contribution in [2.24, 2.45) is 0 Å². The van der Waals surface area contributed by atoms with Crippen molar-refractivity contribution in [2.75, 3.05) is 6.54 Å². The summed E-state index contributed by atoms with van der Waals surface area (Å²) in [4.78, 5) is 28.6. The quantitative estimate of drug-likeness (QED) is 0.624. The Morgan fingerprint density at radius 3 is 2.53 bits per heavy atom. The van der Waals surface area contributed by atoms with Crippen LogP contribution in [-0.4, -0.2) is 57.7 Å². The monoisotopic (exact) mass is 218 g/mol. The summed E-state index contributed by atoms with van der Waals surface area (Å²) in [5.74, 6) is -0.165. The number of hydrogen-bond donors (Lipinski definition) is 0. The van der Waals surface area contributed by atoms with Gasteiger partial charge in [0.15, 0.2) is 0 Å². The summed E-state index contributed by atoms with van der Waals surface area (Å²) < 4.78 is 1.27. The van der Waals surface area contributed by atoms with Crippen molar-refractivity contribution >= 4 is 41.6 Å². The number of rotatable bonds is 1. The standard InChI is InChI=1S/C9H10N2O3.Na.H/c12-8-4-3-7-11(8)9(13)14-10-5-1-2-6-10;;/h1-2,5-6H,3-4,7H2;;. The van der Waals surface area contributed by atoms with Crippen LogP contribution in [0.2, 0.25) is 0 Å². The maximum atomic E-state index is 11.4. The third-order valence-electron chi connectivity index (χ3n) is 2.05. The predicted molar refractivity (Wildman–Crippen MR) is 54.5 cm³/mol. The van der Waals surface area contributed by atoms with Gasteiger partial charge in [-0.15, -0.1) is 0 Å². The van der Waals surface area contributed by atoms with E-state index in [9.17, 15) is 9.59 Å². The molecule has 1 saturated heterocycles. The van der Waals surface area contributed by atoms with Crippen LogP contribution in [0.15, 0.2) is 24.5 Å². The molecular formula is C9H11N2NaO3. The van der Waals surface area contributed by atoms with Gasteiger partial charge in [0.25, 0.3) is 0 Å². The Balaban J connectivity index is 0.00000112. The molecule has 2 rings (SSSR count). The molecule has 0 saturated carbocycles. The van der Waals surface area contributed by atoms with Crippen molar-refractivity contribution in [1.82, 2.24) is 9.63 Å². The Hall–Kier alpha value is -0.780. The summed E-state index contributed by atoms with van der Waals surface area (Å²) in [5, 5.41) is 0. The molecule has 0 bridgehead atoms. The van der Waals surface area contributed by atoms with Gasteiger partial charge in [-0.1, -0.05) is 0 Å². The van der Waals surface area contributed by atoms with Crippen molar-refractivity contribution in [3.8, 4) is 0 Å². The molecule has 0 atom stereocenters. The van der Waals surface area contributed by atoms with Crippen LogP contribution in [-0.2, 0) is 4.79 Å². The minimum atomic E-state index is -0.608. The van der Waals surface area contributed by atoms with Crippen molar-refractivity contribution < 1.29 is 14.4 Å². The molecule has 0 aromatic carbocycles. The summed E-state index contributed by atoms with van der Waals surface area (Å²) in [7, 11) is 0. The number of amides is 2. The number of likely N-dealkylation sites (tertiary alicyclic amines) is 1. The Morgan fingerprint density at radius 1 is 1.33 bits per heavy atom. The average Bonchev–Trinajstić information content (AvgIpc) is 2.75. The van der Waals surface area contributed by atoms with E-state index in [1.54, 1.807) is 24.5 Å². The number of imide groups is 1. The summed E-state index contributed by atoms with van der Waals surface area (Å²) in [6, 6.07) is 3.47. The topological polar surface area (TPSA) is 51.5 Å². The van der Waals surface area contributed by atoms with Gasteiger partial charge in [-0.3, -0.25) is 4.79 Å². The average molecular weight is 218 g/mol. The molecule has 76 valence electrons. The molecule has 2 heterocycles. The fourth-order valence-electron chi connectivity index (χ4n) is 1.36. The summed E-state index contributed by atoms with van der Waals surface area (Å²) in [5.41, 5.74) is 0. The summed E-state index contributed by atoms with van der Waals surface area (Å²) in [6.45, 7) is 0.457. The van der Waals surface area contributed by atoms with E-state index in [0.29, 0.717) is 13.0 Å². The molecule has 0 spiro atoms. The van der Waals surface area contributed by atoms with Crippen LogP contribution in [0.25, 0.3) is 0 Å². The fraction of sp³-hybridized carbons (Fsp3) is 0.333. The Bertz CT molecular complexity index is 350. The fourth-order valence-corrected chi connectivity index (χ4v) is 1.36. The van der Waals surface area contributed by atoms with E-state index < -0.39 is 6.09 Å². The van der Waals surface area contributed by atoms with Gasteiger partial charge >= 0.3 is 35.7 Å². The van der Waals surface area contributed by atoms with E-state index in [2.05, 4.69) is 0 Å². The molecule has 1 aromatic heterocycles. The van der Waals surface area contributed by atoms with Crippen LogP contribution >= 0.6 is 0 Å². The summed E-state index contributed by atoms with van der Waals surface area (Å²) in [6.07, 6.45) is 3.74. The molecular weight excluding hydrogens is 207 g/mol. The second-order valence-corrected chi connectivity index (χ2v) is 3.05. The third kappa shape index (κ3) is 2.84. The van der Waals surface area contributed by atoms with Crippen molar-refractivity contribution in [2.45, 2.75) is 12.8 Å². The van der Waals surface area contributed by atoms with Gasteiger partial charge < -0.3 is 4.84 Å². The van der Waals surface area contributed by atoms with Gasteiger partial charge in [0.2, 0.25) is 5.91 Å². The molecule has 0 radical (unpaired) electrons. The molecule has 0 aliphatic carbocycles. The van der Waals surface area contributed by atoms with Gasteiger partial charge in [0, 0.05) is 25.4 Å². The third-order valence-corrected chi connectivity index (χ3v) is 2.05. The number of hydrogen-bond acceptors (Lipinski definition) is 3. The number of aromatic nitrogens is 1. The van der Waals surface area contributed by atoms with Gasteiger partial charge in [0.05, 0.1) is 0 Å². The SMILES string of the molecule is O=C1CCCN1C(=O)On1cccc1.[NaH]. The van der Waals surface area contributed by atoms with E-state index >= 15 is 0 Å². The Labute approximate surface area is 109 Å². The molecule has 5 nitrogen and oxygen atoms in total. The zero-order chi connectivity index (χ0) is 9.97. The van der Waals surface area contributed by atoms with Crippen LogP contribution in [0.1, 0.15) is 12.8 Å². The first-order chi connectivity index (χ1) is 6.77. The van der Waals surface area contributed by atoms with Gasteiger partial charge in [-0.05, 0) is 18.6 Å². The Kier molecular flexibility index (Phi) is 4.38. The molecule has 1 aliphatic heterocycles. The van der Waals surface area contributed by atoms with E-state index in [1.165, 1.54) is 4.73 Å². The van der Waals surface area contributed by atoms with Crippen molar-refractivity contribution in [3.05, 3.63) is 24.5 Å². The molecule has 15 heavy (non-hydrogen) atoms. The van der Waals surface area contributed by atoms with Crippen LogP contribution in [0.4, 0.5) is 4.79 Å². The molecule has 2 amide bonds. The van der Waals surface area contributed by atoms with E-state index in [4.69, 9.17) is 4.84 Å². The van der Waals surface area contributed by atoms with Crippen LogP contribution in [0.3, 0.4) is 0 Å². The zero-order valence-corrected chi connectivity index (χ0v) is 7.55. The first-order valence-electron chi connectivity index (χ1n) is 4.43. The van der Waals surface area contributed by atoms with Crippen molar-refractivity contribution in [1.29, 1.82) is 0 Å². The number of nitrogens with zero attached hydrogens (tertiary/aromatic N) is 2. The first kappa shape index (κ1) is 12.3. The number of carbonyl (C=O) groups is 2. The van der Waals surface area contributed by atoms with Gasteiger partial charge in [-0.25, -0.2) is 9.69 Å². The molecule has 0 N–H and O–H groups in total. The predicted octanol–water partition coefficient (Wildman–Crippen LogP) is 0.0106. The second-order valence-electron chi connectivity index (χ2n) is 3.05. The van der Waals surface area contributed by atoms with Crippen LogP contribution in [0.5, 0.6) is 0 Å². The number of carbonyl (C=O) groups excluding carboxylic acids is 2. The van der Waals surface area contributed by atoms with E-state index in [1.807, 2.05) is 0 Å². The Morgan fingerprint density at radius 2 is 2.00 bits per heavy atom. The molecule has 1 aliphatic rings. The second kappa shape index (κ2) is 5.34. The normalized spacial score (nSPS) is 14.9. The van der Waals surface area contributed by atoms with E-state index in [0.717, 1.165) is 11.3 Å². The van der Waals surface area contributed by atoms with Crippen LogP contribution in [0, 0.1) is 0 Å². The zero-order valence-electron chi connectivity index (χ0n) is 7.55. The van der Waals surface area contributed by atoms with Gasteiger partial charge in [-0.2, -0.15) is 4.73 Å². The van der Waals surface area contributed by atoms with Crippen molar-refractivity contribution in [3.63, 3.8) is 0 Å². The summed E-state index contributed by atoms with van der Waals surface area (Å²) >= 11 is 0. The molecule has 6 heteroatoms. The van der Waals surface area contributed by atoms with Crippen LogP contribution < -0.4 is 4.84 Å². The first-order valence-corrected chi connectivity index (χ1v) is 4.43. The van der Waals surface area contributed by atoms with E-state index in [-0.39, 0.29) is 35.5 Å². The maximum absolute atomic E-state index is 11.4. The molecule has 0 unspecified atom stereocenters.